The Morgan fingerprint density at radius 3 is 2.84 bits per heavy atom. The van der Waals surface area contributed by atoms with Gasteiger partial charge in [-0.15, -0.1) is 0 Å². The molecule has 0 saturated carbocycles. The van der Waals surface area contributed by atoms with E-state index in [0.717, 1.165) is 30.0 Å². The van der Waals surface area contributed by atoms with Gasteiger partial charge in [-0.1, -0.05) is 18.5 Å². The number of nitrogens with zero attached hydrogens (tertiary/aromatic N) is 2. The smallest absolute Gasteiger partial charge is 0.137 e. The maximum Gasteiger partial charge on any atom is 0.137 e. The van der Waals surface area contributed by atoms with E-state index < -0.39 is 0 Å². The number of nitrogens with one attached hydrogen (secondary N) is 1. The molecule has 1 atom stereocenters. The van der Waals surface area contributed by atoms with Gasteiger partial charge in [0.1, 0.15) is 16.8 Å². The Labute approximate surface area is 123 Å². The number of thiophene rings is 1. The van der Waals surface area contributed by atoms with Crippen molar-refractivity contribution >= 4 is 28.8 Å². The van der Waals surface area contributed by atoms with Gasteiger partial charge >= 0.3 is 0 Å². The van der Waals surface area contributed by atoms with E-state index in [4.69, 9.17) is 11.6 Å². The van der Waals surface area contributed by atoms with Crippen LogP contribution in [0.3, 0.4) is 0 Å². The number of hydrogen-bond donors (Lipinski definition) is 1. The Bertz CT molecular complexity index is 540. The number of aryl methyl sites for hydroxylation is 1. The summed E-state index contributed by atoms with van der Waals surface area (Å²) < 4.78 is 0. The molecule has 0 saturated heterocycles. The summed E-state index contributed by atoms with van der Waals surface area (Å²) in [6.45, 7) is 6.12. The van der Waals surface area contributed by atoms with Crippen molar-refractivity contribution in [2.24, 2.45) is 0 Å². The molecule has 0 amide bonds. The van der Waals surface area contributed by atoms with Crippen LogP contribution in [-0.2, 0) is 12.8 Å². The third-order valence-corrected chi connectivity index (χ3v) is 4.05. The molecule has 0 radical (unpaired) electrons. The van der Waals surface area contributed by atoms with Gasteiger partial charge in [0, 0.05) is 18.0 Å². The van der Waals surface area contributed by atoms with Crippen molar-refractivity contribution in [3.05, 3.63) is 38.9 Å². The molecule has 3 nitrogen and oxygen atoms in total. The van der Waals surface area contributed by atoms with Crippen molar-refractivity contribution in [1.82, 2.24) is 9.97 Å². The molecule has 2 heterocycles. The van der Waals surface area contributed by atoms with E-state index in [9.17, 15) is 0 Å². The quantitative estimate of drug-likeness (QED) is 0.844. The number of anilines is 1. The van der Waals surface area contributed by atoms with Gasteiger partial charge in [-0.3, -0.25) is 0 Å². The van der Waals surface area contributed by atoms with Crippen LogP contribution >= 0.6 is 22.9 Å². The van der Waals surface area contributed by atoms with E-state index in [1.54, 1.807) is 11.3 Å². The first-order valence-electron chi connectivity index (χ1n) is 6.40. The molecule has 2 aromatic rings. The lowest BCUT2D eigenvalue weighted by Crippen LogP contribution is -2.20. The van der Waals surface area contributed by atoms with Crippen molar-refractivity contribution in [3.8, 4) is 0 Å². The largest absolute Gasteiger partial charge is 0.367 e. The van der Waals surface area contributed by atoms with Crippen LogP contribution in [-0.4, -0.2) is 16.0 Å². The van der Waals surface area contributed by atoms with Crippen molar-refractivity contribution < 1.29 is 0 Å². The normalized spacial score (nSPS) is 12.4. The zero-order valence-electron chi connectivity index (χ0n) is 11.4. The Morgan fingerprint density at radius 2 is 2.21 bits per heavy atom. The van der Waals surface area contributed by atoms with Gasteiger partial charge in [0.15, 0.2) is 0 Å². The summed E-state index contributed by atoms with van der Waals surface area (Å²) in [5, 5.41) is 8.25. The minimum absolute atomic E-state index is 0.309. The first-order chi connectivity index (χ1) is 9.10. The van der Waals surface area contributed by atoms with E-state index in [1.165, 1.54) is 5.56 Å². The Kier molecular flexibility index (Phi) is 4.77. The molecule has 102 valence electrons. The summed E-state index contributed by atoms with van der Waals surface area (Å²) >= 11 is 7.86. The fourth-order valence-electron chi connectivity index (χ4n) is 1.88. The van der Waals surface area contributed by atoms with Gasteiger partial charge in [0.25, 0.3) is 0 Å². The van der Waals surface area contributed by atoms with Crippen LogP contribution in [0.1, 0.15) is 30.8 Å². The summed E-state index contributed by atoms with van der Waals surface area (Å²) in [4.78, 5) is 8.77. The van der Waals surface area contributed by atoms with Crippen LogP contribution in [0, 0.1) is 6.92 Å². The second-order valence-corrected chi connectivity index (χ2v) is 5.78. The van der Waals surface area contributed by atoms with Gasteiger partial charge < -0.3 is 5.32 Å². The summed E-state index contributed by atoms with van der Waals surface area (Å²) in [5.74, 6) is 1.63. The molecular weight excluding hydrogens is 278 g/mol. The van der Waals surface area contributed by atoms with Crippen molar-refractivity contribution in [3.63, 3.8) is 0 Å². The maximum atomic E-state index is 6.13. The maximum absolute atomic E-state index is 6.13. The van der Waals surface area contributed by atoms with E-state index in [0.29, 0.717) is 11.2 Å². The van der Waals surface area contributed by atoms with E-state index >= 15 is 0 Å². The molecule has 5 heteroatoms. The molecule has 0 aliphatic rings. The molecule has 0 aliphatic heterocycles. The molecule has 0 fully saturated rings. The summed E-state index contributed by atoms with van der Waals surface area (Å²) in [6, 6.07) is 2.46. The standard InChI is InChI=1S/C14H18ClN3S/c1-4-12-17-13(15)10(3)14(18-12)16-9(2)7-11-5-6-19-8-11/h5-6,8-9H,4,7H2,1-3H3,(H,16,17,18). The Balaban J connectivity index is 2.11. The van der Waals surface area contributed by atoms with Crippen LogP contribution in [0.5, 0.6) is 0 Å². The van der Waals surface area contributed by atoms with Crippen molar-refractivity contribution in [2.75, 3.05) is 5.32 Å². The van der Waals surface area contributed by atoms with E-state index in [-0.39, 0.29) is 0 Å². The van der Waals surface area contributed by atoms with Crippen molar-refractivity contribution in [1.29, 1.82) is 0 Å². The number of rotatable bonds is 5. The van der Waals surface area contributed by atoms with E-state index in [2.05, 4.69) is 39.0 Å². The van der Waals surface area contributed by atoms with Gasteiger partial charge in [-0.25, -0.2) is 9.97 Å². The van der Waals surface area contributed by atoms with E-state index in [1.807, 2.05) is 13.8 Å². The lowest BCUT2D eigenvalue weighted by atomic mass is 10.1. The number of hydrogen-bond acceptors (Lipinski definition) is 4. The highest BCUT2D eigenvalue weighted by Crippen LogP contribution is 2.21. The van der Waals surface area contributed by atoms with Crippen molar-refractivity contribution in [2.45, 2.75) is 39.7 Å². The summed E-state index contributed by atoms with van der Waals surface area (Å²) in [7, 11) is 0. The van der Waals surface area contributed by atoms with Gasteiger partial charge in [0.2, 0.25) is 0 Å². The molecule has 0 spiro atoms. The van der Waals surface area contributed by atoms with Crippen LogP contribution in [0.25, 0.3) is 0 Å². The van der Waals surface area contributed by atoms with Crippen LogP contribution < -0.4 is 5.32 Å². The summed E-state index contributed by atoms with van der Waals surface area (Å²) in [6.07, 6.45) is 1.76. The lowest BCUT2D eigenvalue weighted by Gasteiger charge is -2.16. The van der Waals surface area contributed by atoms with Crippen LogP contribution in [0.2, 0.25) is 5.15 Å². The Morgan fingerprint density at radius 1 is 1.42 bits per heavy atom. The third-order valence-electron chi connectivity index (χ3n) is 2.95. The van der Waals surface area contributed by atoms with Gasteiger partial charge in [0.05, 0.1) is 0 Å². The molecule has 0 aliphatic carbocycles. The fourth-order valence-corrected chi connectivity index (χ4v) is 2.75. The Hall–Kier alpha value is -1.13. The highest BCUT2D eigenvalue weighted by Gasteiger charge is 2.11. The highest BCUT2D eigenvalue weighted by molar-refractivity contribution is 7.07. The fraction of sp³-hybridized carbons (Fsp3) is 0.429. The lowest BCUT2D eigenvalue weighted by molar-refractivity contribution is 0.779. The third kappa shape index (κ3) is 3.67. The predicted molar refractivity (Wildman–Crippen MR) is 82.3 cm³/mol. The second kappa shape index (κ2) is 6.35. The van der Waals surface area contributed by atoms with Crippen LogP contribution in [0.15, 0.2) is 16.8 Å². The molecule has 2 aromatic heterocycles. The molecule has 19 heavy (non-hydrogen) atoms. The average Bonchev–Trinajstić information content (AvgIpc) is 2.87. The number of aromatic nitrogens is 2. The first kappa shape index (κ1) is 14.3. The topological polar surface area (TPSA) is 37.8 Å². The molecule has 0 bridgehead atoms. The summed E-state index contributed by atoms with van der Waals surface area (Å²) in [5.41, 5.74) is 2.26. The second-order valence-electron chi connectivity index (χ2n) is 4.64. The predicted octanol–water partition coefficient (Wildman–Crippen LogP) is 4.11. The monoisotopic (exact) mass is 295 g/mol. The minimum Gasteiger partial charge on any atom is -0.367 e. The van der Waals surface area contributed by atoms with Crippen LogP contribution in [0.4, 0.5) is 5.82 Å². The van der Waals surface area contributed by atoms with Gasteiger partial charge in [-0.2, -0.15) is 11.3 Å². The highest BCUT2D eigenvalue weighted by atomic mass is 35.5. The molecule has 1 N–H and O–H groups in total. The SMILES string of the molecule is CCc1nc(Cl)c(C)c(NC(C)Cc2ccsc2)n1. The zero-order valence-corrected chi connectivity index (χ0v) is 13.0. The van der Waals surface area contributed by atoms with Gasteiger partial charge in [-0.05, 0) is 42.7 Å². The zero-order chi connectivity index (χ0) is 13.8. The molecule has 1 unspecified atom stereocenters. The minimum atomic E-state index is 0.309. The molecule has 2 rings (SSSR count). The first-order valence-corrected chi connectivity index (χ1v) is 7.72. The molecule has 0 aromatic carbocycles. The average molecular weight is 296 g/mol. The number of halogens is 1. The molecular formula is C14H18ClN3S.